The first kappa shape index (κ1) is 13.3. The van der Waals surface area contributed by atoms with Crippen molar-refractivity contribution in [1.82, 2.24) is 9.78 Å². The van der Waals surface area contributed by atoms with Gasteiger partial charge in [0.2, 0.25) is 5.91 Å². The zero-order valence-corrected chi connectivity index (χ0v) is 11.6. The van der Waals surface area contributed by atoms with E-state index in [0.29, 0.717) is 0 Å². The molecule has 1 aromatic carbocycles. The summed E-state index contributed by atoms with van der Waals surface area (Å²) in [5, 5.41) is 7.11. The second kappa shape index (κ2) is 5.69. The summed E-state index contributed by atoms with van der Waals surface area (Å²) in [6.45, 7) is 6.29. The van der Waals surface area contributed by atoms with Gasteiger partial charge in [-0.05, 0) is 37.0 Å². The molecule has 100 valence electrons. The van der Waals surface area contributed by atoms with E-state index in [0.717, 1.165) is 28.8 Å². The van der Waals surface area contributed by atoms with Gasteiger partial charge in [-0.15, -0.1) is 0 Å². The molecule has 0 saturated carbocycles. The van der Waals surface area contributed by atoms with Crippen molar-refractivity contribution in [3.8, 4) is 0 Å². The smallest absolute Gasteiger partial charge is 0.246 e. The minimum absolute atomic E-state index is 0.0490. The van der Waals surface area contributed by atoms with E-state index < -0.39 is 0 Å². The van der Waals surface area contributed by atoms with E-state index in [-0.39, 0.29) is 12.5 Å². The van der Waals surface area contributed by atoms with Crippen LogP contribution in [-0.2, 0) is 17.8 Å². The first-order chi connectivity index (χ1) is 9.10. The highest BCUT2D eigenvalue weighted by atomic mass is 16.2. The quantitative estimate of drug-likeness (QED) is 0.915. The lowest BCUT2D eigenvalue weighted by atomic mass is 10.1. The van der Waals surface area contributed by atoms with E-state index in [1.165, 1.54) is 0 Å². The van der Waals surface area contributed by atoms with Crippen LogP contribution in [-0.4, -0.2) is 15.7 Å². The predicted molar refractivity (Wildman–Crippen MR) is 76.2 cm³/mol. The third kappa shape index (κ3) is 3.22. The summed E-state index contributed by atoms with van der Waals surface area (Å²) in [5.41, 5.74) is 4.23. The molecule has 0 fully saturated rings. The molecule has 2 aromatic rings. The average molecular weight is 257 g/mol. The van der Waals surface area contributed by atoms with Crippen LogP contribution in [0.3, 0.4) is 0 Å². The van der Waals surface area contributed by atoms with Crippen molar-refractivity contribution in [2.24, 2.45) is 0 Å². The fourth-order valence-corrected chi connectivity index (χ4v) is 2.08. The van der Waals surface area contributed by atoms with Crippen LogP contribution in [0.25, 0.3) is 0 Å². The van der Waals surface area contributed by atoms with Crippen LogP contribution >= 0.6 is 0 Å². The van der Waals surface area contributed by atoms with Gasteiger partial charge in [0, 0.05) is 11.9 Å². The van der Waals surface area contributed by atoms with E-state index in [4.69, 9.17) is 0 Å². The number of benzene rings is 1. The molecule has 0 unspecified atom stereocenters. The maximum absolute atomic E-state index is 12.0. The zero-order valence-electron chi connectivity index (χ0n) is 11.6. The van der Waals surface area contributed by atoms with Gasteiger partial charge in [-0.2, -0.15) is 5.10 Å². The summed E-state index contributed by atoms with van der Waals surface area (Å²) >= 11 is 0. The summed E-state index contributed by atoms with van der Waals surface area (Å²) in [5.74, 6) is -0.0490. The SMILES string of the molecule is CCc1cccc(C)c1NC(=O)Cn1cc(C)cn1. The fourth-order valence-electron chi connectivity index (χ4n) is 2.08. The highest BCUT2D eigenvalue weighted by Crippen LogP contribution is 2.20. The number of carbonyl (C=O) groups excluding carboxylic acids is 1. The summed E-state index contributed by atoms with van der Waals surface area (Å²) in [6, 6.07) is 6.06. The minimum Gasteiger partial charge on any atom is -0.324 e. The van der Waals surface area contributed by atoms with Gasteiger partial charge in [0.05, 0.1) is 6.20 Å². The van der Waals surface area contributed by atoms with Crippen LogP contribution in [0.4, 0.5) is 5.69 Å². The van der Waals surface area contributed by atoms with E-state index in [9.17, 15) is 4.79 Å². The third-order valence-electron chi connectivity index (χ3n) is 3.07. The molecule has 0 radical (unpaired) electrons. The second-order valence-corrected chi connectivity index (χ2v) is 4.73. The molecule has 1 N–H and O–H groups in total. The number of para-hydroxylation sites is 1. The maximum Gasteiger partial charge on any atom is 0.246 e. The van der Waals surface area contributed by atoms with E-state index >= 15 is 0 Å². The highest BCUT2D eigenvalue weighted by molar-refractivity contribution is 5.92. The molecule has 0 saturated heterocycles. The number of hydrogen-bond acceptors (Lipinski definition) is 2. The topological polar surface area (TPSA) is 46.9 Å². The molecule has 0 aliphatic rings. The molecule has 1 heterocycles. The van der Waals surface area contributed by atoms with Crippen molar-refractivity contribution in [3.05, 3.63) is 47.3 Å². The van der Waals surface area contributed by atoms with E-state index in [2.05, 4.69) is 17.3 Å². The van der Waals surface area contributed by atoms with Crippen LogP contribution in [0.5, 0.6) is 0 Å². The number of nitrogens with zero attached hydrogens (tertiary/aromatic N) is 2. The molecular weight excluding hydrogens is 238 g/mol. The monoisotopic (exact) mass is 257 g/mol. The van der Waals surface area contributed by atoms with Gasteiger partial charge >= 0.3 is 0 Å². The minimum atomic E-state index is -0.0490. The highest BCUT2D eigenvalue weighted by Gasteiger charge is 2.09. The number of anilines is 1. The van der Waals surface area contributed by atoms with E-state index in [1.54, 1.807) is 10.9 Å². The maximum atomic E-state index is 12.0. The molecule has 4 nitrogen and oxygen atoms in total. The van der Waals surface area contributed by atoms with E-state index in [1.807, 2.05) is 38.2 Å². The predicted octanol–water partition coefficient (Wildman–Crippen LogP) is 2.70. The van der Waals surface area contributed by atoms with Crippen molar-refractivity contribution in [3.63, 3.8) is 0 Å². The van der Waals surface area contributed by atoms with Crippen LogP contribution in [0.15, 0.2) is 30.6 Å². The normalized spacial score (nSPS) is 10.5. The lowest BCUT2D eigenvalue weighted by Crippen LogP contribution is -2.20. The van der Waals surface area contributed by atoms with Crippen LogP contribution in [0.1, 0.15) is 23.6 Å². The molecule has 19 heavy (non-hydrogen) atoms. The Morgan fingerprint density at radius 2 is 2.16 bits per heavy atom. The van der Waals surface area contributed by atoms with Gasteiger partial charge in [-0.1, -0.05) is 25.1 Å². The second-order valence-electron chi connectivity index (χ2n) is 4.73. The van der Waals surface area contributed by atoms with Gasteiger partial charge in [0.1, 0.15) is 6.54 Å². The van der Waals surface area contributed by atoms with Crippen molar-refractivity contribution in [1.29, 1.82) is 0 Å². The van der Waals surface area contributed by atoms with Crippen LogP contribution in [0, 0.1) is 13.8 Å². The number of rotatable bonds is 4. The molecular formula is C15H19N3O. The van der Waals surface area contributed by atoms with Gasteiger partial charge in [0.25, 0.3) is 0 Å². The van der Waals surface area contributed by atoms with Crippen molar-refractivity contribution < 1.29 is 4.79 Å². The lowest BCUT2D eigenvalue weighted by molar-refractivity contribution is -0.116. The van der Waals surface area contributed by atoms with Crippen molar-refractivity contribution >= 4 is 11.6 Å². The zero-order chi connectivity index (χ0) is 13.8. The molecule has 0 atom stereocenters. The standard InChI is InChI=1S/C15H19N3O/c1-4-13-7-5-6-12(3)15(13)17-14(19)10-18-9-11(2)8-16-18/h5-9H,4,10H2,1-3H3,(H,17,19). The number of aryl methyl sites for hydroxylation is 3. The lowest BCUT2D eigenvalue weighted by Gasteiger charge is -2.12. The van der Waals surface area contributed by atoms with Gasteiger partial charge < -0.3 is 5.32 Å². The van der Waals surface area contributed by atoms with Crippen molar-refractivity contribution in [2.75, 3.05) is 5.32 Å². The average Bonchev–Trinajstić information content (AvgIpc) is 2.77. The Morgan fingerprint density at radius 3 is 2.79 bits per heavy atom. The number of hydrogen-bond donors (Lipinski definition) is 1. The number of aromatic nitrogens is 2. The number of nitrogens with one attached hydrogen (secondary N) is 1. The first-order valence-corrected chi connectivity index (χ1v) is 6.47. The Morgan fingerprint density at radius 1 is 1.37 bits per heavy atom. The molecule has 1 amide bonds. The fraction of sp³-hybridized carbons (Fsp3) is 0.333. The Hall–Kier alpha value is -2.10. The number of carbonyl (C=O) groups is 1. The molecule has 0 bridgehead atoms. The third-order valence-corrected chi connectivity index (χ3v) is 3.07. The van der Waals surface area contributed by atoms with Gasteiger partial charge in [-0.3, -0.25) is 9.48 Å². The van der Waals surface area contributed by atoms with Gasteiger partial charge in [0.15, 0.2) is 0 Å². The summed E-state index contributed by atoms with van der Waals surface area (Å²) in [6.07, 6.45) is 4.51. The molecule has 2 rings (SSSR count). The van der Waals surface area contributed by atoms with Gasteiger partial charge in [-0.25, -0.2) is 0 Å². The first-order valence-electron chi connectivity index (χ1n) is 6.47. The summed E-state index contributed by atoms with van der Waals surface area (Å²) in [4.78, 5) is 12.0. The molecule has 4 heteroatoms. The largest absolute Gasteiger partial charge is 0.324 e. The number of amides is 1. The summed E-state index contributed by atoms with van der Waals surface area (Å²) < 4.78 is 1.65. The Balaban J connectivity index is 2.11. The Kier molecular flexibility index (Phi) is 4.00. The van der Waals surface area contributed by atoms with Crippen LogP contribution < -0.4 is 5.32 Å². The Bertz CT molecular complexity index is 587. The molecule has 0 aliphatic carbocycles. The van der Waals surface area contributed by atoms with Crippen LogP contribution in [0.2, 0.25) is 0 Å². The molecule has 0 aliphatic heterocycles. The van der Waals surface area contributed by atoms with Crippen molar-refractivity contribution in [2.45, 2.75) is 33.7 Å². The Labute approximate surface area is 113 Å². The molecule has 1 aromatic heterocycles. The molecule has 0 spiro atoms. The summed E-state index contributed by atoms with van der Waals surface area (Å²) in [7, 11) is 0.